The van der Waals surface area contributed by atoms with E-state index in [1.54, 1.807) is 61.7 Å². The molecule has 0 spiro atoms. The van der Waals surface area contributed by atoms with E-state index in [0.717, 1.165) is 70.3 Å². The van der Waals surface area contributed by atoms with Crippen molar-refractivity contribution in [3.8, 4) is 45.0 Å². The fourth-order valence-electron chi connectivity index (χ4n) is 5.31. The maximum atomic E-state index is 13.4. The first kappa shape index (κ1) is 38.6. The first-order valence-electron chi connectivity index (χ1n) is 17.5. The Morgan fingerprint density at radius 1 is 0.500 bits per heavy atom. The third-order valence-electron chi connectivity index (χ3n) is 8.27. The number of aromatic nitrogens is 6. The van der Waals surface area contributed by atoms with Gasteiger partial charge in [-0.3, -0.25) is 9.97 Å². The Morgan fingerprint density at radius 2 is 0.846 bits per heavy atom. The molecular formula is C40H48F2N6O2Si2. The van der Waals surface area contributed by atoms with Gasteiger partial charge in [-0.2, -0.15) is 0 Å². The van der Waals surface area contributed by atoms with Crippen molar-refractivity contribution in [1.82, 2.24) is 29.1 Å². The van der Waals surface area contributed by atoms with Gasteiger partial charge in [0, 0.05) is 76.4 Å². The average Bonchev–Trinajstić information content (AvgIpc) is 3.74. The molecule has 0 atom stereocenters. The van der Waals surface area contributed by atoms with Crippen molar-refractivity contribution in [1.29, 1.82) is 0 Å². The Kier molecular flexibility index (Phi) is 13.2. The fourth-order valence-corrected chi connectivity index (χ4v) is 6.82. The van der Waals surface area contributed by atoms with Crippen LogP contribution in [0.5, 0.6) is 0 Å². The van der Waals surface area contributed by atoms with Gasteiger partial charge in [0.15, 0.2) is 0 Å². The second kappa shape index (κ2) is 17.7. The zero-order valence-corrected chi connectivity index (χ0v) is 32.9. The molecule has 0 N–H and O–H groups in total. The van der Waals surface area contributed by atoms with Gasteiger partial charge in [0.05, 0.1) is 35.4 Å². The lowest BCUT2D eigenvalue weighted by Crippen LogP contribution is -2.22. The van der Waals surface area contributed by atoms with Crippen LogP contribution >= 0.6 is 0 Å². The minimum absolute atomic E-state index is 0.253. The number of hydrogen-bond acceptors (Lipinski definition) is 6. The summed E-state index contributed by atoms with van der Waals surface area (Å²) in [5.41, 5.74) is 7.28. The van der Waals surface area contributed by atoms with Crippen LogP contribution in [-0.4, -0.2) is 58.4 Å². The van der Waals surface area contributed by atoms with Crippen LogP contribution in [0.2, 0.25) is 51.4 Å². The molecule has 0 fully saturated rings. The second-order valence-electron chi connectivity index (χ2n) is 15.0. The van der Waals surface area contributed by atoms with Crippen LogP contribution in [0.15, 0.2) is 110 Å². The van der Waals surface area contributed by atoms with Crippen molar-refractivity contribution in [3.05, 3.63) is 122 Å². The molecule has 2 aromatic carbocycles. The molecule has 0 radical (unpaired) electrons. The fraction of sp³-hybridized carbons (Fsp3) is 0.300. The van der Waals surface area contributed by atoms with Crippen molar-refractivity contribution >= 4 is 16.1 Å². The van der Waals surface area contributed by atoms with Crippen molar-refractivity contribution in [2.24, 2.45) is 0 Å². The number of imidazole rings is 2. The summed E-state index contributed by atoms with van der Waals surface area (Å²) in [6, 6.07) is 22.9. The molecule has 0 aliphatic heterocycles. The number of halogens is 2. The van der Waals surface area contributed by atoms with Gasteiger partial charge in [0.2, 0.25) is 0 Å². The predicted octanol–water partition coefficient (Wildman–Crippen LogP) is 10.1. The van der Waals surface area contributed by atoms with Crippen LogP contribution in [0, 0.1) is 11.6 Å². The largest absolute Gasteiger partial charge is 0.361 e. The summed E-state index contributed by atoms with van der Waals surface area (Å²) in [4.78, 5) is 17.3. The summed E-state index contributed by atoms with van der Waals surface area (Å²) in [6.07, 6.45) is 10.6. The van der Waals surface area contributed by atoms with E-state index >= 15 is 0 Å². The zero-order chi connectivity index (χ0) is 37.1. The normalized spacial score (nSPS) is 11.7. The third kappa shape index (κ3) is 11.2. The lowest BCUT2D eigenvalue weighted by molar-refractivity contribution is 0.0881. The van der Waals surface area contributed by atoms with E-state index in [1.807, 2.05) is 33.4 Å². The van der Waals surface area contributed by atoms with Gasteiger partial charge in [-0.25, -0.2) is 18.7 Å². The molecule has 0 unspecified atom stereocenters. The van der Waals surface area contributed by atoms with Gasteiger partial charge < -0.3 is 18.6 Å². The molecule has 0 saturated heterocycles. The Labute approximate surface area is 307 Å². The number of hydrogen-bond donors (Lipinski definition) is 0. The van der Waals surface area contributed by atoms with Crippen LogP contribution in [-0.2, 0) is 22.9 Å². The average molecular weight is 739 g/mol. The number of benzene rings is 2. The zero-order valence-electron chi connectivity index (χ0n) is 30.9. The van der Waals surface area contributed by atoms with Crippen molar-refractivity contribution in [2.75, 3.05) is 13.2 Å². The minimum atomic E-state index is -1.13. The summed E-state index contributed by atoms with van der Waals surface area (Å²) < 4.78 is 42.4. The minimum Gasteiger partial charge on any atom is -0.361 e. The van der Waals surface area contributed by atoms with Crippen molar-refractivity contribution in [3.63, 3.8) is 0 Å². The monoisotopic (exact) mass is 738 g/mol. The second-order valence-corrected chi connectivity index (χ2v) is 26.2. The predicted molar refractivity (Wildman–Crippen MR) is 210 cm³/mol. The molecule has 0 amide bonds. The van der Waals surface area contributed by atoms with Crippen LogP contribution in [0.3, 0.4) is 0 Å². The first-order chi connectivity index (χ1) is 24.9. The van der Waals surface area contributed by atoms with E-state index in [2.05, 4.69) is 59.2 Å². The molecule has 0 bridgehead atoms. The van der Waals surface area contributed by atoms with E-state index in [-0.39, 0.29) is 11.6 Å². The van der Waals surface area contributed by atoms with Gasteiger partial charge in [0.1, 0.15) is 25.1 Å². The molecule has 4 heterocycles. The summed E-state index contributed by atoms with van der Waals surface area (Å²) >= 11 is 0. The third-order valence-corrected chi connectivity index (χ3v) is 11.7. The van der Waals surface area contributed by atoms with Gasteiger partial charge >= 0.3 is 0 Å². The summed E-state index contributed by atoms with van der Waals surface area (Å²) in [6.45, 7) is 16.4. The van der Waals surface area contributed by atoms with E-state index in [4.69, 9.17) is 9.47 Å². The highest BCUT2D eigenvalue weighted by molar-refractivity contribution is 6.76. The number of pyridine rings is 2. The Hall–Kier alpha value is -4.63. The first-order valence-corrected chi connectivity index (χ1v) is 24.9. The molecule has 272 valence electrons. The van der Waals surface area contributed by atoms with Gasteiger partial charge in [0.25, 0.3) is 0 Å². The van der Waals surface area contributed by atoms with Crippen LogP contribution < -0.4 is 0 Å². The van der Waals surface area contributed by atoms with Crippen LogP contribution in [0.1, 0.15) is 0 Å². The summed E-state index contributed by atoms with van der Waals surface area (Å²) in [5, 5.41) is 0. The standard InChI is InChI=1S/2C20H24FN3OSi/c1-26(2,3)13-12-25-15-24-14-23-19(16-8-10-22-11-9-16)20(24)17-4-6-18(21)7-5-17;1-26(2,3)13-12-25-15-24-14-23-19(16-4-6-18(21)7-5-16)20(24)17-8-10-22-11-9-17/h2*4-11,14H,12-13,15H2,1-3H3. The van der Waals surface area contributed by atoms with E-state index in [9.17, 15) is 8.78 Å². The topological polar surface area (TPSA) is 79.9 Å². The molecule has 0 aliphatic carbocycles. The maximum absolute atomic E-state index is 13.4. The van der Waals surface area contributed by atoms with Crippen LogP contribution in [0.25, 0.3) is 45.0 Å². The summed E-state index contributed by atoms with van der Waals surface area (Å²) in [5.74, 6) is -0.509. The molecule has 12 heteroatoms. The molecular weight excluding hydrogens is 691 g/mol. The van der Waals surface area contributed by atoms with Gasteiger partial charge in [-0.15, -0.1) is 0 Å². The Balaban J connectivity index is 0.000000201. The Morgan fingerprint density at radius 3 is 1.25 bits per heavy atom. The van der Waals surface area contributed by atoms with E-state index in [1.165, 1.54) is 24.3 Å². The van der Waals surface area contributed by atoms with Gasteiger partial charge in [-0.05, 0) is 84.9 Å². The molecule has 4 aromatic heterocycles. The number of rotatable bonds is 14. The van der Waals surface area contributed by atoms with Crippen molar-refractivity contribution in [2.45, 2.75) is 64.8 Å². The number of nitrogens with zero attached hydrogens (tertiary/aromatic N) is 6. The van der Waals surface area contributed by atoms with Crippen molar-refractivity contribution < 1.29 is 18.3 Å². The number of ether oxygens (including phenoxy) is 2. The molecule has 8 nitrogen and oxygen atoms in total. The van der Waals surface area contributed by atoms with Gasteiger partial charge in [-0.1, -0.05) is 39.3 Å². The highest BCUT2D eigenvalue weighted by Gasteiger charge is 2.18. The molecule has 0 saturated carbocycles. The van der Waals surface area contributed by atoms with E-state index < -0.39 is 16.1 Å². The molecule has 6 aromatic rings. The molecule has 52 heavy (non-hydrogen) atoms. The summed E-state index contributed by atoms with van der Waals surface area (Å²) in [7, 11) is -2.24. The van der Waals surface area contributed by atoms with E-state index in [0.29, 0.717) is 13.5 Å². The molecule has 6 rings (SSSR count). The highest BCUT2D eigenvalue weighted by atomic mass is 28.3. The maximum Gasteiger partial charge on any atom is 0.124 e. The smallest absolute Gasteiger partial charge is 0.124 e. The molecule has 0 aliphatic rings. The Bertz CT molecular complexity index is 1970. The quantitative estimate of drug-likeness (QED) is 0.0818. The SMILES string of the molecule is C[Si](C)(C)CCOCn1cnc(-c2ccc(F)cc2)c1-c1ccncc1.C[Si](C)(C)CCOCn1cnc(-c2ccncc2)c1-c1ccc(F)cc1. The lowest BCUT2D eigenvalue weighted by Gasteiger charge is -2.16. The lowest BCUT2D eigenvalue weighted by atomic mass is 10.1. The van der Waals surface area contributed by atoms with Crippen LogP contribution in [0.4, 0.5) is 8.78 Å². The highest BCUT2D eigenvalue weighted by Crippen LogP contribution is 2.32.